The Bertz CT molecular complexity index is 571. The summed E-state index contributed by atoms with van der Waals surface area (Å²) >= 11 is 0. The van der Waals surface area contributed by atoms with E-state index in [2.05, 4.69) is 15.1 Å². The molecule has 1 aromatic carbocycles. The molecule has 0 radical (unpaired) electrons. The summed E-state index contributed by atoms with van der Waals surface area (Å²) < 4.78 is 18.4. The van der Waals surface area contributed by atoms with Gasteiger partial charge in [0.15, 0.2) is 11.6 Å². The molecule has 0 bridgehead atoms. The Morgan fingerprint density at radius 1 is 1.45 bits per heavy atom. The number of methoxy groups -OCH3 is 1. The summed E-state index contributed by atoms with van der Waals surface area (Å²) in [6, 6.07) is 7.10. The highest BCUT2D eigenvalue weighted by molar-refractivity contribution is 5.30. The number of aromatic amines is 1. The van der Waals surface area contributed by atoms with Crippen LogP contribution in [0, 0.1) is 5.82 Å². The number of ether oxygens (including phenoxy) is 1. The largest absolute Gasteiger partial charge is 0.494 e. The first kappa shape index (κ1) is 13.1. The average Bonchev–Trinajstić information content (AvgIpc) is 3.11. The van der Waals surface area contributed by atoms with Gasteiger partial charge in [-0.25, -0.2) is 4.39 Å². The van der Waals surface area contributed by atoms with Crippen LogP contribution >= 0.6 is 0 Å². The van der Waals surface area contributed by atoms with Crippen LogP contribution in [0.4, 0.5) is 4.39 Å². The molecule has 5 heteroatoms. The first-order chi connectivity index (χ1) is 9.76. The van der Waals surface area contributed by atoms with Gasteiger partial charge in [0.1, 0.15) is 0 Å². The minimum atomic E-state index is -0.312. The highest BCUT2D eigenvalue weighted by Gasteiger charge is 2.24. The molecule has 106 valence electrons. The van der Waals surface area contributed by atoms with Crippen molar-refractivity contribution < 1.29 is 9.13 Å². The molecule has 0 amide bonds. The number of nitrogens with zero attached hydrogens (tertiary/aromatic N) is 2. The summed E-state index contributed by atoms with van der Waals surface area (Å²) in [5, 5.41) is 7.05. The average molecular weight is 275 g/mol. The van der Waals surface area contributed by atoms with Gasteiger partial charge < -0.3 is 4.74 Å². The Hall–Kier alpha value is -1.88. The lowest BCUT2D eigenvalue weighted by atomic mass is 10.1. The molecule has 0 spiro atoms. The van der Waals surface area contributed by atoms with Crippen LogP contribution in [0.3, 0.4) is 0 Å². The second-order valence-corrected chi connectivity index (χ2v) is 5.20. The molecular weight excluding hydrogens is 257 g/mol. The van der Waals surface area contributed by atoms with Crippen molar-refractivity contribution in [2.45, 2.75) is 18.9 Å². The molecule has 0 aliphatic carbocycles. The lowest BCUT2D eigenvalue weighted by molar-refractivity contribution is 0.324. The molecular formula is C15H18FN3O. The van der Waals surface area contributed by atoms with Crippen molar-refractivity contribution in [3.8, 4) is 5.75 Å². The fourth-order valence-corrected chi connectivity index (χ4v) is 2.78. The first-order valence-electron chi connectivity index (χ1n) is 6.80. The van der Waals surface area contributed by atoms with Gasteiger partial charge in [0, 0.05) is 30.9 Å². The number of likely N-dealkylation sites (tertiary alicyclic amines) is 1. The van der Waals surface area contributed by atoms with Gasteiger partial charge in [-0.15, -0.1) is 0 Å². The molecule has 1 unspecified atom stereocenters. The summed E-state index contributed by atoms with van der Waals surface area (Å²) in [6.07, 6.45) is 2.92. The number of rotatable bonds is 4. The highest BCUT2D eigenvalue weighted by atomic mass is 19.1. The van der Waals surface area contributed by atoms with E-state index >= 15 is 0 Å². The van der Waals surface area contributed by atoms with Gasteiger partial charge in [-0.3, -0.25) is 10.00 Å². The Kier molecular flexibility index (Phi) is 3.69. The van der Waals surface area contributed by atoms with E-state index in [0.717, 1.165) is 31.6 Å². The number of halogens is 1. The molecule has 4 nitrogen and oxygen atoms in total. The third-order valence-corrected chi connectivity index (χ3v) is 3.86. The lowest BCUT2D eigenvalue weighted by Gasteiger charge is -2.16. The maximum Gasteiger partial charge on any atom is 0.165 e. The quantitative estimate of drug-likeness (QED) is 0.932. The van der Waals surface area contributed by atoms with Gasteiger partial charge in [0.05, 0.1) is 7.11 Å². The topological polar surface area (TPSA) is 41.1 Å². The number of hydrogen-bond donors (Lipinski definition) is 1. The van der Waals surface area contributed by atoms with E-state index in [0.29, 0.717) is 11.7 Å². The molecule has 1 aliphatic heterocycles. The van der Waals surface area contributed by atoms with E-state index in [1.165, 1.54) is 18.9 Å². The van der Waals surface area contributed by atoms with Crippen molar-refractivity contribution in [3.63, 3.8) is 0 Å². The molecule has 2 heterocycles. The molecule has 1 N–H and O–H groups in total. The zero-order valence-electron chi connectivity index (χ0n) is 11.5. The second kappa shape index (κ2) is 5.63. The highest BCUT2D eigenvalue weighted by Crippen LogP contribution is 2.27. The van der Waals surface area contributed by atoms with E-state index < -0.39 is 0 Å². The van der Waals surface area contributed by atoms with Crippen LogP contribution in [0.5, 0.6) is 5.75 Å². The van der Waals surface area contributed by atoms with Crippen LogP contribution in [-0.2, 0) is 6.54 Å². The molecule has 1 saturated heterocycles. The molecule has 3 rings (SSSR count). The number of benzene rings is 1. The zero-order chi connectivity index (χ0) is 13.9. The van der Waals surface area contributed by atoms with E-state index in [9.17, 15) is 4.39 Å². The SMILES string of the molecule is COc1cc(CN2CCC(c3ccn[nH]3)C2)ccc1F. The molecule has 1 aliphatic rings. The summed E-state index contributed by atoms with van der Waals surface area (Å²) in [5.74, 6) is 0.514. The number of H-pyrrole nitrogens is 1. The molecule has 2 aromatic rings. The minimum absolute atomic E-state index is 0.312. The number of nitrogens with one attached hydrogen (secondary N) is 1. The van der Waals surface area contributed by atoms with E-state index in [-0.39, 0.29) is 5.82 Å². The molecule has 1 aromatic heterocycles. The zero-order valence-corrected chi connectivity index (χ0v) is 11.5. The predicted octanol–water partition coefficient (Wildman–Crippen LogP) is 2.55. The van der Waals surface area contributed by atoms with Gasteiger partial charge >= 0.3 is 0 Å². The number of aromatic nitrogens is 2. The fourth-order valence-electron chi connectivity index (χ4n) is 2.78. The van der Waals surface area contributed by atoms with Crippen LogP contribution in [0.2, 0.25) is 0 Å². The van der Waals surface area contributed by atoms with Crippen molar-refractivity contribution in [2.24, 2.45) is 0 Å². The predicted molar refractivity (Wildman–Crippen MR) is 74.2 cm³/mol. The Morgan fingerprint density at radius 2 is 2.35 bits per heavy atom. The second-order valence-electron chi connectivity index (χ2n) is 5.20. The van der Waals surface area contributed by atoms with Gasteiger partial charge in [-0.2, -0.15) is 5.10 Å². The van der Waals surface area contributed by atoms with Crippen LogP contribution in [0.1, 0.15) is 23.6 Å². The van der Waals surface area contributed by atoms with Crippen LogP contribution < -0.4 is 4.74 Å². The maximum absolute atomic E-state index is 13.4. The Labute approximate surface area is 117 Å². The van der Waals surface area contributed by atoms with Gasteiger partial charge in [-0.1, -0.05) is 6.07 Å². The lowest BCUT2D eigenvalue weighted by Crippen LogP contribution is -2.19. The van der Waals surface area contributed by atoms with Crippen molar-refractivity contribution in [2.75, 3.05) is 20.2 Å². The minimum Gasteiger partial charge on any atom is -0.494 e. The van der Waals surface area contributed by atoms with Crippen molar-refractivity contribution in [1.82, 2.24) is 15.1 Å². The summed E-state index contributed by atoms with van der Waals surface area (Å²) in [6.45, 7) is 2.87. The normalized spacial score (nSPS) is 19.4. The smallest absolute Gasteiger partial charge is 0.165 e. The van der Waals surface area contributed by atoms with Crippen molar-refractivity contribution in [3.05, 3.63) is 47.5 Å². The maximum atomic E-state index is 13.4. The monoisotopic (exact) mass is 275 g/mol. The standard InChI is InChI=1S/C15H18FN3O/c1-20-15-8-11(2-3-13(15)16)9-19-7-5-12(10-19)14-4-6-17-18-14/h2-4,6,8,12H,5,7,9-10H2,1H3,(H,17,18). The molecule has 0 saturated carbocycles. The van der Waals surface area contributed by atoms with Gasteiger partial charge in [0.2, 0.25) is 0 Å². The van der Waals surface area contributed by atoms with Gasteiger partial charge in [-0.05, 0) is 36.7 Å². The summed E-state index contributed by atoms with van der Waals surface area (Å²) in [5.41, 5.74) is 2.28. The van der Waals surface area contributed by atoms with E-state index in [1.54, 1.807) is 12.3 Å². The van der Waals surface area contributed by atoms with E-state index in [4.69, 9.17) is 4.74 Å². The van der Waals surface area contributed by atoms with E-state index in [1.807, 2.05) is 12.1 Å². The Balaban J connectivity index is 1.64. The van der Waals surface area contributed by atoms with Crippen LogP contribution in [0.25, 0.3) is 0 Å². The number of hydrogen-bond acceptors (Lipinski definition) is 3. The summed E-state index contributed by atoms with van der Waals surface area (Å²) in [4.78, 5) is 2.37. The molecule has 1 atom stereocenters. The summed E-state index contributed by atoms with van der Waals surface area (Å²) in [7, 11) is 1.49. The van der Waals surface area contributed by atoms with Gasteiger partial charge in [0.25, 0.3) is 0 Å². The molecule has 20 heavy (non-hydrogen) atoms. The van der Waals surface area contributed by atoms with Crippen LogP contribution in [0.15, 0.2) is 30.5 Å². The fraction of sp³-hybridized carbons (Fsp3) is 0.400. The molecule has 1 fully saturated rings. The first-order valence-corrected chi connectivity index (χ1v) is 6.80. The third-order valence-electron chi connectivity index (χ3n) is 3.86. The van der Waals surface area contributed by atoms with Crippen molar-refractivity contribution >= 4 is 0 Å². The third kappa shape index (κ3) is 2.67. The Morgan fingerprint density at radius 3 is 3.10 bits per heavy atom. The van der Waals surface area contributed by atoms with Crippen LogP contribution in [-0.4, -0.2) is 35.3 Å². The van der Waals surface area contributed by atoms with Crippen molar-refractivity contribution in [1.29, 1.82) is 0 Å².